The van der Waals surface area contributed by atoms with Crippen LogP contribution < -0.4 is 10.2 Å². The summed E-state index contributed by atoms with van der Waals surface area (Å²) < 4.78 is 0. The molecule has 0 spiro atoms. The molecule has 1 atom stereocenters. The van der Waals surface area contributed by atoms with Crippen LogP contribution in [0.2, 0.25) is 5.02 Å². The number of carbonyl (C=O) groups excluding carboxylic acids is 2. The number of rotatable bonds is 5. The Kier molecular flexibility index (Phi) is 5.64. The van der Waals surface area contributed by atoms with Crippen LogP contribution in [-0.4, -0.2) is 36.2 Å². The van der Waals surface area contributed by atoms with Crippen LogP contribution in [0.15, 0.2) is 53.5 Å². The second-order valence-electron chi connectivity index (χ2n) is 6.04. The quantitative estimate of drug-likeness (QED) is 0.847. The van der Waals surface area contributed by atoms with Crippen molar-refractivity contribution in [2.75, 3.05) is 24.3 Å². The van der Waals surface area contributed by atoms with Gasteiger partial charge in [-0.05, 0) is 24.3 Å². The Balaban J connectivity index is 1.62. The van der Waals surface area contributed by atoms with Crippen molar-refractivity contribution < 1.29 is 9.59 Å². The standard InChI is InChI=1S/C19H18ClN3O2S/c1-23(2)13-9-7-12(8-10-13)19-22-18(25)16(26-19)11-17(24)21-15-6-4-3-5-14(15)20/h3-10,16H,11H2,1-2H3,(H,21,24)/t16-/m0/s1. The third kappa shape index (κ3) is 4.26. The molecule has 134 valence electrons. The Morgan fingerprint density at radius 1 is 1.19 bits per heavy atom. The van der Waals surface area contributed by atoms with Crippen molar-refractivity contribution in [2.45, 2.75) is 11.7 Å². The first-order valence-electron chi connectivity index (χ1n) is 8.05. The number of carbonyl (C=O) groups is 2. The number of anilines is 2. The third-order valence-corrected chi connectivity index (χ3v) is 5.42. The SMILES string of the molecule is CN(C)c1ccc(C2=NC(=O)[C@H](CC(=O)Nc3ccccc3Cl)S2)cc1. The van der Waals surface area contributed by atoms with Crippen molar-refractivity contribution in [2.24, 2.45) is 4.99 Å². The molecule has 1 heterocycles. The highest BCUT2D eigenvalue weighted by atomic mass is 35.5. The first-order valence-corrected chi connectivity index (χ1v) is 9.31. The van der Waals surface area contributed by atoms with Crippen LogP contribution >= 0.6 is 23.4 Å². The molecule has 7 heteroatoms. The van der Waals surface area contributed by atoms with E-state index in [1.54, 1.807) is 24.3 Å². The monoisotopic (exact) mass is 387 g/mol. The molecule has 1 aliphatic rings. The van der Waals surface area contributed by atoms with Crippen LogP contribution in [0.5, 0.6) is 0 Å². The highest BCUT2D eigenvalue weighted by Crippen LogP contribution is 2.30. The third-order valence-electron chi connectivity index (χ3n) is 3.89. The molecule has 2 aromatic rings. The Hall–Kier alpha value is -2.31. The highest BCUT2D eigenvalue weighted by Gasteiger charge is 2.31. The molecule has 0 saturated heterocycles. The first kappa shape index (κ1) is 18.5. The largest absolute Gasteiger partial charge is 0.378 e. The second-order valence-corrected chi connectivity index (χ2v) is 7.63. The first-order chi connectivity index (χ1) is 12.4. The molecule has 2 aromatic carbocycles. The maximum atomic E-state index is 12.2. The second kappa shape index (κ2) is 7.93. The van der Waals surface area contributed by atoms with E-state index < -0.39 is 5.25 Å². The molecule has 0 fully saturated rings. The van der Waals surface area contributed by atoms with Gasteiger partial charge in [0, 0.05) is 31.8 Å². The summed E-state index contributed by atoms with van der Waals surface area (Å²) in [6.45, 7) is 0. The van der Waals surface area contributed by atoms with Gasteiger partial charge in [-0.1, -0.05) is 47.6 Å². The number of aliphatic imine (C=N–C) groups is 1. The number of hydrogen-bond donors (Lipinski definition) is 1. The number of nitrogens with zero attached hydrogens (tertiary/aromatic N) is 2. The van der Waals surface area contributed by atoms with Crippen LogP contribution in [0.25, 0.3) is 0 Å². The van der Waals surface area contributed by atoms with Gasteiger partial charge in [0.2, 0.25) is 5.91 Å². The van der Waals surface area contributed by atoms with Crippen LogP contribution in [0.4, 0.5) is 11.4 Å². The number of nitrogens with one attached hydrogen (secondary N) is 1. The average molecular weight is 388 g/mol. The molecule has 0 radical (unpaired) electrons. The van der Waals surface area contributed by atoms with E-state index in [4.69, 9.17) is 11.6 Å². The van der Waals surface area contributed by atoms with Crippen LogP contribution in [0.1, 0.15) is 12.0 Å². The van der Waals surface area contributed by atoms with Gasteiger partial charge in [-0.15, -0.1) is 0 Å². The van der Waals surface area contributed by atoms with Gasteiger partial charge in [0.25, 0.3) is 5.91 Å². The summed E-state index contributed by atoms with van der Waals surface area (Å²) in [5, 5.41) is 3.34. The Morgan fingerprint density at radius 3 is 2.54 bits per heavy atom. The molecule has 26 heavy (non-hydrogen) atoms. The summed E-state index contributed by atoms with van der Waals surface area (Å²) in [6, 6.07) is 14.8. The maximum Gasteiger partial charge on any atom is 0.260 e. The molecule has 0 saturated carbocycles. The molecule has 5 nitrogen and oxygen atoms in total. The van der Waals surface area contributed by atoms with Crippen molar-refractivity contribution in [3.05, 3.63) is 59.1 Å². The highest BCUT2D eigenvalue weighted by molar-refractivity contribution is 8.16. The molecule has 1 N–H and O–H groups in total. The number of para-hydroxylation sites is 1. The average Bonchev–Trinajstić information content (AvgIpc) is 2.97. The summed E-state index contributed by atoms with van der Waals surface area (Å²) in [7, 11) is 3.93. The lowest BCUT2D eigenvalue weighted by atomic mass is 10.2. The van der Waals surface area contributed by atoms with Crippen molar-refractivity contribution >= 4 is 51.6 Å². The predicted molar refractivity (Wildman–Crippen MR) is 108 cm³/mol. The summed E-state index contributed by atoms with van der Waals surface area (Å²) >= 11 is 7.36. The minimum absolute atomic E-state index is 0.0531. The summed E-state index contributed by atoms with van der Waals surface area (Å²) in [6.07, 6.45) is 0.0531. The van der Waals surface area contributed by atoms with E-state index in [0.717, 1.165) is 11.3 Å². The van der Waals surface area contributed by atoms with E-state index in [0.29, 0.717) is 15.8 Å². The zero-order valence-electron chi connectivity index (χ0n) is 14.4. The predicted octanol–water partition coefficient (Wildman–Crippen LogP) is 3.82. The lowest BCUT2D eigenvalue weighted by molar-refractivity contribution is -0.121. The van der Waals surface area contributed by atoms with E-state index in [2.05, 4.69) is 10.3 Å². The van der Waals surface area contributed by atoms with Crippen molar-refractivity contribution in [1.29, 1.82) is 0 Å². The van der Waals surface area contributed by atoms with Gasteiger partial charge in [-0.3, -0.25) is 9.59 Å². The molecule has 3 rings (SSSR count). The fourth-order valence-electron chi connectivity index (χ4n) is 2.48. The summed E-state index contributed by atoms with van der Waals surface area (Å²) in [5.74, 6) is -0.542. The van der Waals surface area contributed by atoms with Gasteiger partial charge in [0.15, 0.2) is 0 Å². The van der Waals surface area contributed by atoms with Crippen molar-refractivity contribution in [3.63, 3.8) is 0 Å². The topological polar surface area (TPSA) is 61.8 Å². The molecule has 0 unspecified atom stereocenters. The number of hydrogen-bond acceptors (Lipinski definition) is 4. The van der Waals surface area contributed by atoms with E-state index in [1.165, 1.54) is 11.8 Å². The molecule has 2 amide bonds. The van der Waals surface area contributed by atoms with Gasteiger partial charge < -0.3 is 10.2 Å². The number of benzene rings is 2. The zero-order chi connectivity index (χ0) is 18.7. The van der Waals surface area contributed by atoms with Gasteiger partial charge in [0.05, 0.1) is 10.7 Å². The zero-order valence-corrected chi connectivity index (χ0v) is 16.0. The lowest BCUT2D eigenvalue weighted by Crippen LogP contribution is -2.21. The molecule has 1 aliphatic heterocycles. The molecule has 0 aromatic heterocycles. The molecule has 0 aliphatic carbocycles. The number of thioether (sulfide) groups is 1. The number of halogens is 1. The van der Waals surface area contributed by atoms with E-state index in [1.807, 2.05) is 43.3 Å². The van der Waals surface area contributed by atoms with Crippen LogP contribution in [0.3, 0.4) is 0 Å². The van der Waals surface area contributed by atoms with Crippen LogP contribution in [-0.2, 0) is 9.59 Å². The molecule has 0 bridgehead atoms. The Labute approximate surface area is 161 Å². The van der Waals surface area contributed by atoms with E-state index >= 15 is 0 Å². The molecular formula is C19H18ClN3O2S. The fourth-order valence-corrected chi connectivity index (χ4v) is 3.74. The van der Waals surface area contributed by atoms with Crippen LogP contribution in [0, 0.1) is 0 Å². The van der Waals surface area contributed by atoms with Gasteiger partial charge in [-0.25, -0.2) is 4.99 Å². The smallest absolute Gasteiger partial charge is 0.260 e. The van der Waals surface area contributed by atoms with E-state index in [9.17, 15) is 9.59 Å². The minimum Gasteiger partial charge on any atom is -0.378 e. The number of amides is 2. The Morgan fingerprint density at radius 2 is 1.88 bits per heavy atom. The van der Waals surface area contributed by atoms with E-state index in [-0.39, 0.29) is 18.2 Å². The van der Waals surface area contributed by atoms with Crippen molar-refractivity contribution in [1.82, 2.24) is 0 Å². The lowest BCUT2D eigenvalue weighted by Gasteiger charge is -2.12. The molecular weight excluding hydrogens is 370 g/mol. The van der Waals surface area contributed by atoms with Gasteiger partial charge in [-0.2, -0.15) is 0 Å². The maximum absolute atomic E-state index is 12.2. The van der Waals surface area contributed by atoms with Gasteiger partial charge >= 0.3 is 0 Å². The Bertz CT molecular complexity index is 865. The fraction of sp³-hybridized carbons (Fsp3) is 0.211. The normalized spacial score (nSPS) is 16.3. The summed E-state index contributed by atoms with van der Waals surface area (Å²) in [5.41, 5.74) is 2.48. The summed E-state index contributed by atoms with van der Waals surface area (Å²) in [4.78, 5) is 30.5. The van der Waals surface area contributed by atoms with Crippen molar-refractivity contribution in [3.8, 4) is 0 Å². The van der Waals surface area contributed by atoms with Gasteiger partial charge in [0.1, 0.15) is 10.3 Å². The minimum atomic E-state index is -0.513.